The van der Waals surface area contributed by atoms with Crippen molar-refractivity contribution in [3.63, 3.8) is 0 Å². The molecule has 34 heavy (non-hydrogen) atoms. The average Bonchev–Trinajstić information content (AvgIpc) is 3.32. The molecule has 0 aliphatic heterocycles. The molecular weight excluding hydrogens is 445 g/mol. The summed E-state index contributed by atoms with van der Waals surface area (Å²) in [4.78, 5) is 13.0. The molecule has 2 aliphatic rings. The maximum atomic E-state index is 14.6. The van der Waals surface area contributed by atoms with Gasteiger partial charge in [-0.2, -0.15) is 0 Å². The highest BCUT2D eigenvalue weighted by atomic mass is 32.2. The molecule has 0 saturated heterocycles. The second-order valence-electron chi connectivity index (χ2n) is 9.62. The lowest BCUT2D eigenvalue weighted by Gasteiger charge is -2.25. The molecule has 1 heterocycles. The number of aromatic nitrogens is 3. The molecule has 0 bridgehead atoms. The predicted molar refractivity (Wildman–Crippen MR) is 135 cm³/mol. The van der Waals surface area contributed by atoms with Gasteiger partial charge in [-0.15, -0.1) is 10.2 Å². The van der Waals surface area contributed by atoms with E-state index in [9.17, 15) is 9.18 Å². The number of rotatable bonds is 7. The van der Waals surface area contributed by atoms with Crippen molar-refractivity contribution >= 4 is 17.5 Å². The minimum absolute atomic E-state index is 0.0887. The number of hydrogen-bond acceptors (Lipinski definition) is 4. The Morgan fingerprint density at radius 1 is 0.882 bits per heavy atom. The van der Waals surface area contributed by atoms with Gasteiger partial charge in [0.1, 0.15) is 5.82 Å². The van der Waals surface area contributed by atoms with Crippen LogP contribution < -0.4 is 0 Å². The van der Waals surface area contributed by atoms with Crippen LogP contribution in [0.4, 0.5) is 4.39 Å². The Hall–Kier alpha value is -2.47. The van der Waals surface area contributed by atoms with E-state index in [0.29, 0.717) is 28.2 Å². The van der Waals surface area contributed by atoms with Crippen molar-refractivity contribution in [2.75, 3.05) is 5.75 Å². The molecular formula is C28H32FN3OS. The van der Waals surface area contributed by atoms with Gasteiger partial charge < -0.3 is 0 Å². The first-order valence-corrected chi connectivity index (χ1v) is 13.6. The first-order valence-electron chi connectivity index (χ1n) is 12.7. The number of thioether (sulfide) groups is 1. The SMILES string of the molecule is O=C(CSc1nnc(-c2ccccc2F)n1C1CCCCC1)c1ccc(C2CCCCC2)cc1. The van der Waals surface area contributed by atoms with Gasteiger partial charge in [-0.05, 0) is 49.3 Å². The molecule has 0 N–H and O–H groups in total. The first-order chi connectivity index (χ1) is 16.7. The highest BCUT2D eigenvalue weighted by Gasteiger charge is 2.25. The number of carbonyl (C=O) groups is 1. The number of carbonyl (C=O) groups excluding carboxylic acids is 1. The van der Waals surface area contributed by atoms with E-state index < -0.39 is 0 Å². The fourth-order valence-electron chi connectivity index (χ4n) is 5.46. The molecule has 0 atom stereocenters. The van der Waals surface area contributed by atoms with Crippen LogP contribution in [0.1, 0.15) is 92.1 Å². The molecule has 6 heteroatoms. The molecule has 5 rings (SSSR count). The molecule has 0 amide bonds. The Labute approximate surface area is 205 Å². The summed E-state index contributed by atoms with van der Waals surface area (Å²) in [6.45, 7) is 0. The van der Waals surface area contributed by atoms with Crippen LogP contribution in [0.2, 0.25) is 0 Å². The quantitative estimate of drug-likeness (QED) is 0.259. The molecule has 2 aliphatic carbocycles. The normalized spacial score (nSPS) is 17.7. The van der Waals surface area contributed by atoms with Gasteiger partial charge >= 0.3 is 0 Å². The van der Waals surface area contributed by atoms with Gasteiger partial charge in [0.25, 0.3) is 0 Å². The number of benzene rings is 2. The lowest BCUT2D eigenvalue weighted by Crippen LogP contribution is -2.16. The molecule has 178 valence electrons. The van der Waals surface area contributed by atoms with Gasteiger partial charge in [0.15, 0.2) is 16.8 Å². The number of hydrogen-bond donors (Lipinski definition) is 0. The Kier molecular flexibility index (Phi) is 7.43. The van der Waals surface area contributed by atoms with Gasteiger partial charge in [-0.3, -0.25) is 9.36 Å². The van der Waals surface area contributed by atoms with Crippen LogP contribution in [-0.4, -0.2) is 26.3 Å². The second kappa shape index (κ2) is 10.9. The van der Waals surface area contributed by atoms with Gasteiger partial charge in [0.2, 0.25) is 0 Å². The zero-order valence-electron chi connectivity index (χ0n) is 19.6. The standard InChI is InChI=1S/C28H32FN3OS/c29-25-14-8-7-13-24(25)27-30-31-28(32(27)23-11-5-2-6-12-23)34-19-26(33)22-17-15-21(16-18-22)20-9-3-1-4-10-20/h7-8,13-18,20,23H,1-6,9-12,19H2. The van der Waals surface area contributed by atoms with E-state index in [1.165, 1.54) is 61.9 Å². The summed E-state index contributed by atoms with van der Waals surface area (Å²) in [6.07, 6.45) is 12.0. The summed E-state index contributed by atoms with van der Waals surface area (Å²) in [5, 5.41) is 9.49. The van der Waals surface area contributed by atoms with Crippen LogP contribution in [-0.2, 0) is 0 Å². The van der Waals surface area contributed by atoms with Crippen molar-refractivity contribution in [1.29, 1.82) is 0 Å². The average molecular weight is 478 g/mol. The van der Waals surface area contributed by atoms with E-state index in [4.69, 9.17) is 0 Å². The minimum atomic E-state index is -0.294. The molecule has 0 spiro atoms. The third kappa shape index (κ3) is 5.12. The van der Waals surface area contributed by atoms with Crippen LogP contribution in [0.25, 0.3) is 11.4 Å². The van der Waals surface area contributed by atoms with Crippen molar-refractivity contribution < 1.29 is 9.18 Å². The summed E-state index contributed by atoms with van der Waals surface area (Å²) >= 11 is 1.41. The summed E-state index contributed by atoms with van der Waals surface area (Å²) in [6, 6.07) is 15.2. The van der Waals surface area contributed by atoms with E-state index in [1.807, 2.05) is 18.2 Å². The lowest BCUT2D eigenvalue weighted by molar-refractivity contribution is 0.102. The number of halogens is 1. The summed E-state index contributed by atoms with van der Waals surface area (Å²) in [5.41, 5.74) is 2.57. The van der Waals surface area contributed by atoms with Crippen molar-refractivity contribution in [1.82, 2.24) is 14.8 Å². The second-order valence-corrected chi connectivity index (χ2v) is 10.6. The first kappa shape index (κ1) is 23.3. The van der Waals surface area contributed by atoms with Crippen molar-refractivity contribution in [2.24, 2.45) is 0 Å². The number of ketones is 1. The van der Waals surface area contributed by atoms with E-state index >= 15 is 0 Å². The summed E-state index contributed by atoms with van der Waals surface area (Å²) in [5.74, 6) is 1.30. The number of Topliss-reactive ketones (excluding diaryl/α,β-unsaturated/α-hetero) is 1. The smallest absolute Gasteiger partial charge is 0.192 e. The maximum absolute atomic E-state index is 14.6. The molecule has 4 nitrogen and oxygen atoms in total. The molecule has 2 aromatic carbocycles. The Bertz CT molecular complexity index is 1110. The van der Waals surface area contributed by atoms with E-state index in [2.05, 4.69) is 26.9 Å². The third-order valence-corrected chi connectivity index (χ3v) is 8.30. The van der Waals surface area contributed by atoms with E-state index in [0.717, 1.165) is 31.2 Å². The van der Waals surface area contributed by atoms with Gasteiger partial charge in [-0.25, -0.2) is 4.39 Å². The van der Waals surface area contributed by atoms with Crippen LogP contribution in [0.5, 0.6) is 0 Å². The predicted octanol–water partition coefficient (Wildman–Crippen LogP) is 7.61. The Morgan fingerprint density at radius 3 is 2.26 bits per heavy atom. The summed E-state index contributed by atoms with van der Waals surface area (Å²) in [7, 11) is 0. The topological polar surface area (TPSA) is 47.8 Å². The van der Waals surface area contributed by atoms with Crippen molar-refractivity contribution in [3.05, 3.63) is 65.5 Å². The van der Waals surface area contributed by atoms with Crippen LogP contribution in [0.3, 0.4) is 0 Å². The fraction of sp³-hybridized carbons (Fsp3) is 0.464. The zero-order valence-corrected chi connectivity index (χ0v) is 20.4. The van der Waals surface area contributed by atoms with Crippen molar-refractivity contribution in [2.45, 2.75) is 81.3 Å². The maximum Gasteiger partial charge on any atom is 0.192 e. The molecule has 2 saturated carbocycles. The van der Waals surface area contributed by atoms with Crippen LogP contribution >= 0.6 is 11.8 Å². The van der Waals surface area contributed by atoms with Gasteiger partial charge in [-0.1, -0.05) is 86.7 Å². The van der Waals surface area contributed by atoms with Crippen molar-refractivity contribution in [3.8, 4) is 11.4 Å². The summed E-state index contributed by atoms with van der Waals surface area (Å²) < 4.78 is 16.7. The molecule has 2 fully saturated rings. The van der Waals surface area contributed by atoms with Crippen LogP contribution in [0, 0.1) is 5.82 Å². The molecule has 1 aromatic heterocycles. The molecule has 3 aromatic rings. The number of nitrogens with zero attached hydrogens (tertiary/aromatic N) is 3. The Morgan fingerprint density at radius 2 is 1.56 bits per heavy atom. The molecule has 0 unspecified atom stereocenters. The molecule has 0 radical (unpaired) electrons. The monoisotopic (exact) mass is 477 g/mol. The van der Waals surface area contributed by atoms with E-state index in [1.54, 1.807) is 12.1 Å². The van der Waals surface area contributed by atoms with Crippen LogP contribution in [0.15, 0.2) is 53.7 Å². The Balaban J connectivity index is 1.33. The largest absolute Gasteiger partial charge is 0.299 e. The van der Waals surface area contributed by atoms with E-state index in [-0.39, 0.29) is 17.6 Å². The van der Waals surface area contributed by atoms with Gasteiger partial charge in [0, 0.05) is 11.6 Å². The zero-order chi connectivity index (χ0) is 23.3. The van der Waals surface area contributed by atoms with Gasteiger partial charge in [0.05, 0.1) is 11.3 Å². The minimum Gasteiger partial charge on any atom is -0.299 e. The highest BCUT2D eigenvalue weighted by Crippen LogP contribution is 2.36. The fourth-order valence-corrected chi connectivity index (χ4v) is 6.36. The third-order valence-electron chi connectivity index (χ3n) is 7.36. The highest BCUT2D eigenvalue weighted by molar-refractivity contribution is 7.99. The lowest BCUT2D eigenvalue weighted by atomic mass is 9.84.